The van der Waals surface area contributed by atoms with E-state index in [4.69, 9.17) is 0 Å². The third kappa shape index (κ3) is 1.50. The van der Waals surface area contributed by atoms with Gasteiger partial charge in [-0.15, -0.1) is 0 Å². The highest BCUT2D eigenvalue weighted by Crippen LogP contribution is 2.35. The van der Waals surface area contributed by atoms with Crippen molar-refractivity contribution >= 4 is 26.8 Å². The van der Waals surface area contributed by atoms with Crippen LogP contribution in [0.1, 0.15) is 30.1 Å². The molecule has 3 heteroatoms. The number of rotatable bonds is 1. The van der Waals surface area contributed by atoms with Gasteiger partial charge >= 0.3 is 0 Å². The SMILES string of the molecule is Cc1cccc2c(Br)c(C3CCCN3)[nH]c12. The van der Waals surface area contributed by atoms with Crippen molar-refractivity contribution in [1.29, 1.82) is 0 Å². The quantitative estimate of drug-likeness (QED) is 0.819. The minimum absolute atomic E-state index is 0.487. The number of hydrogen-bond acceptors (Lipinski definition) is 1. The summed E-state index contributed by atoms with van der Waals surface area (Å²) in [4.78, 5) is 3.56. The lowest BCUT2D eigenvalue weighted by Gasteiger charge is -2.08. The molecule has 0 spiro atoms. The van der Waals surface area contributed by atoms with Crippen LogP contribution in [0, 0.1) is 6.92 Å². The molecule has 0 amide bonds. The van der Waals surface area contributed by atoms with Gasteiger partial charge in [-0.05, 0) is 47.8 Å². The Morgan fingerprint density at radius 1 is 1.38 bits per heavy atom. The summed E-state index contributed by atoms with van der Waals surface area (Å²) in [6.07, 6.45) is 2.50. The zero-order chi connectivity index (χ0) is 11.1. The second kappa shape index (κ2) is 3.90. The first-order chi connectivity index (χ1) is 7.77. The summed E-state index contributed by atoms with van der Waals surface area (Å²) in [5, 5.41) is 4.83. The number of H-pyrrole nitrogens is 1. The van der Waals surface area contributed by atoms with Crippen LogP contribution in [0.4, 0.5) is 0 Å². The van der Waals surface area contributed by atoms with Crippen molar-refractivity contribution in [3.63, 3.8) is 0 Å². The van der Waals surface area contributed by atoms with Gasteiger partial charge in [-0.1, -0.05) is 18.2 Å². The molecule has 1 aliphatic rings. The first-order valence-corrected chi connectivity index (χ1v) is 6.57. The average Bonchev–Trinajstić information content (AvgIpc) is 2.88. The average molecular weight is 279 g/mol. The van der Waals surface area contributed by atoms with Crippen molar-refractivity contribution in [2.45, 2.75) is 25.8 Å². The lowest BCUT2D eigenvalue weighted by atomic mass is 10.1. The molecule has 2 N–H and O–H groups in total. The minimum atomic E-state index is 0.487. The number of aryl methyl sites for hydroxylation is 1. The highest BCUT2D eigenvalue weighted by molar-refractivity contribution is 9.10. The van der Waals surface area contributed by atoms with Gasteiger partial charge in [0.15, 0.2) is 0 Å². The van der Waals surface area contributed by atoms with E-state index in [2.05, 4.69) is 51.4 Å². The van der Waals surface area contributed by atoms with E-state index in [1.54, 1.807) is 0 Å². The van der Waals surface area contributed by atoms with E-state index in [1.165, 1.54) is 39.5 Å². The summed E-state index contributed by atoms with van der Waals surface area (Å²) >= 11 is 3.72. The summed E-state index contributed by atoms with van der Waals surface area (Å²) in [5.74, 6) is 0. The maximum absolute atomic E-state index is 3.72. The van der Waals surface area contributed by atoms with Crippen LogP contribution in [-0.4, -0.2) is 11.5 Å². The maximum atomic E-state index is 3.72. The van der Waals surface area contributed by atoms with Crippen molar-refractivity contribution < 1.29 is 0 Å². The summed E-state index contributed by atoms with van der Waals surface area (Å²) < 4.78 is 1.23. The largest absolute Gasteiger partial charge is 0.356 e. The van der Waals surface area contributed by atoms with E-state index in [0.717, 1.165) is 6.54 Å². The fraction of sp³-hybridized carbons (Fsp3) is 0.385. The third-order valence-electron chi connectivity index (χ3n) is 3.41. The fourth-order valence-electron chi connectivity index (χ4n) is 2.52. The van der Waals surface area contributed by atoms with Crippen LogP contribution < -0.4 is 5.32 Å². The topological polar surface area (TPSA) is 27.8 Å². The van der Waals surface area contributed by atoms with Gasteiger partial charge in [-0.2, -0.15) is 0 Å². The van der Waals surface area contributed by atoms with Gasteiger partial charge in [0, 0.05) is 27.1 Å². The van der Waals surface area contributed by atoms with Gasteiger partial charge in [0.1, 0.15) is 0 Å². The number of aromatic amines is 1. The Bertz CT molecular complexity index is 524. The Balaban J connectivity index is 2.18. The van der Waals surface area contributed by atoms with Crippen molar-refractivity contribution in [2.75, 3.05) is 6.54 Å². The summed E-state index contributed by atoms with van der Waals surface area (Å²) in [5.41, 5.74) is 3.88. The molecule has 0 saturated carbocycles. The Morgan fingerprint density at radius 3 is 2.94 bits per heavy atom. The van der Waals surface area contributed by atoms with Gasteiger partial charge in [-0.3, -0.25) is 0 Å². The summed E-state index contributed by atoms with van der Waals surface area (Å²) in [6.45, 7) is 3.28. The highest BCUT2D eigenvalue weighted by atomic mass is 79.9. The molecule has 1 fully saturated rings. The van der Waals surface area contributed by atoms with Gasteiger partial charge in [0.05, 0.1) is 0 Å². The molecule has 0 bridgehead atoms. The van der Waals surface area contributed by atoms with Gasteiger partial charge in [0.2, 0.25) is 0 Å². The molecule has 0 radical (unpaired) electrons. The second-order valence-electron chi connectivity index (χ2n) is 4.50. The highest BCUT2D eigenvalue weighted by Gasteiger charge is 2.21. The lowest BCUT2D eigenvalue weighted by Crippen LogP contribution is -2.13. The monoisotopic (exact) mass is 278 g/mol. The molecule has 1 aromatic carbocycles. The molecule has 2 heterocycles. The van der Waals surface area contributed by atoms with E-state index in [0.29, 0.717) is 6.04 Å². The molecule has 1 aromatic heterocycles. The van der Waals surface area contributed by atoms with Crippen LogP contribution in [0.15, 0.2) is 22.7 Å². The number of benzene rings is 1. The molecule has 0 aliphatic carbocycles. The first-order valence-electron chi connectivity index (χ1n) is 5.77. The predicted octanol–water partition coefficient (Wildman–Crippen LogP) is 3.66. The fourth-order valence-corrected chi connectivity index (χ4v) is 3.23. The molecule has 1 saturated heterocycles. The molecule has 1 aliphatic heterocycles. The maximum Gasteiger partial charge on any atom is 0.0497 e. The van der Waals surface area contributed by atoms with Crippen LogP contribution in [0.25, 0.3) is 10.9 Å². The molecule has 1 unspecified atom stereocenters. The zero-order valence-electron chi connectivity index (χ0n) is 9.31. The number of fused-ring (bicyclic) bond motifs is 1. The van der Waals surface area contributed by atoms with E-state index in [-0.39, 0.29) is 0 Å². The van der Waals surface area contributed by atoms with Crippen LogP contribution in [-0.2, 0) is 0 Å². The van der Waals surface area contributed by atoms with Crippen molar-refractivity contribution in [2.24, 2.45) is 0 Å². The standard InChI is InChI=1S/C13H15BrN2/c1-8-4-2-5-9-11(14)13(16-12(8)9)10-6-3-7-15-10/h2,4-5,10,15-16H,3,6-7H2,1H3. The molecule has 1 atom stereocenters. The van der Waals surface area contributed by atoms with E-state index in [9.17, 15) is 0 Å². The van der Waals surface area contributed by atoms with Crippen LogP contribution in [0.2, 0.25) is 0 Å². The van der Waals surface area contributed by atoms with Crippen molar-refractivity contribution in [3.05, 3.63) is 33.9 Å². The van der Waals surface area contributed by atoms with Crippen LogP contribution in [0.5, 0.6) is 0 Å². The van der Waals surface area contributed by atoms with Gasteiger partial charge < -0.3 is 10.3 Å². The first kappa shape index (κ1) is 10.4. The van der Waals surface area contributed by atoms with Gasteiger partial charge in [0.25, 0.3) is 0 Å². The molecular formula is C13H15BrN2. The summed E-state index contributed by atoms with van der Waals surface area (Å²) in [7, 11) is 0. The Labute approximate surface area is 104 Å². The smallest absolute Gasteiger partial charge is 0.0497 e. The van der Waals surface area contributed by atoms with E-state index < -0.39 is 0 Å². The minimum Gasteiger partial charge on any atom is -0.356 e. The molecule has 2 nitrogen and oxygen atoms in total. The van der Waals surface area contributed by atoms with Crippen molar-refractivity contribution in [1.82, 2.24) is 10.3 Å². The van der Waals surface area contributed by atoms with Crippen LogP contribution in [0.3, 0.4) is 0 Å². The number of para-hydroxylation sites is 1. The number of nitrogens with one attached hydrogen (secondary N) is 2. The van der Waals surface area contributed by atoms with Gasteiger partial charge in [-0.25, -0.2) is 0 Å². The number of hydrogen-bond donors (Lipinski definition) is 2. The second-order valence-corrected chi connectivity index (χ2v) is 5.29. The molecule has 3 rings (SSSR count). The number of halogens is 1. The molecule has 2 aromatic rings. The Hall–Kier alpha value is -0.800. The normalized spacial score (nSPS) is 20.8. The van der Waals surface area contributed by atoms with Crippen molar-refractivity contribution in [3.8, 4) is 0 Å². The lowest BCUT2D eigenvalue weighted by molar-refractivity contribution is 0.630. The zero-order valence-corrected chi connectivity index (χ0v) is 10.9. The van der Waals surface area contributed by atoms with Crippen LogP contribution >= 0.6 is 15.9 Å². The molecule has 16 heavy (non-hydrogen) atoms. The van der Waals surface area contributed by atoms with E-state index >= 15 is 0 Å². The van der Waals surface area contributed by atoms with E-state index in [1.807, 2.05) is 0 Å². The summed E-state index contributed by atoms with van der Waals surface area (Å²) in [6, 6.07) is 6.92. The Kier molecular flexibility index (Phi) is 2.52. The molecular weight excluding hydrogens is 264 g/mol. The third-order valence-corrected chi connectivity index (χ3v) is 4.27. The predicted molar refractivity (Wildman–Crippen MR) is 70.7 cm³/mol. The Morgan fingerprint density at radius 2 is 2.25 bits per heavy atom. The molecule has 84 valence electrons. The number of aromatic nitrogens is 1.